The minimum Gasteiger partial charge on any atom is -0.398 e. The maximum atomic E-state index is 12.0. The van der Waals surface area contributed by atoms with Crippen molar-refractivity contribution < 1.29 is 4.21 Å². The van der Waals surface area contributed by atoms with Crippen molar-refractivity contribution in [1.82, 2.24) is 0 Å². The average molecular weight is 316 g/mol. The maximum absolute atomic E-state index is 12.0. The molecule has 1 saturated carbocycles. The zero-order chi connectivity index (χ0) is 12.3. The zero-order valence-corrected chi connectivity index (χ0v) is 12.2. The second-order valence-corrected chi connectivity index (χ2v) is 7.16. The number of nitrogens with two attached hydrogens (primary N) is 1. The van der Waals surface area contributed by atoms with E-state index in [-0.39, 0.29) is 0 Å². The van der Waals surface area contributed by atoms with E-state index in [1.54, 1.807) is 0 Å². The third kappa shape index (κ3) is 3.81. The molecule has 4 heteroatoms. The van der Waals surface area contributed by atoms with Crippen LogP contribution in [-0.4, -0.2) is 9.96 Å². The summed E-state index contributed by atoms with van der Waals surface area (Å²) in [4.78, 5) is 0. The van der Waals surface area contributed by atoms with Crippen LogP contribution in [0.5, 0.6) is 0 Å². The van der Waals surface area contributed by atoms with Gasteiger partial charge in [-0.05, 0) is 36.5 Å². The van der Waals surface area contributed by atoms with Gasteiger partial charge in [0.15, 0.2) is 0 Å². The van der Waals surface area contributed by atoms with Crippen molar-refractivity contribution in [2.24, 2.45) is 5.92 Å². The monoisotopic (exact) mass is 315 g/mol. The molecule has 1 aromatic rings. The summed E-state index contributed by atoms with van der Waals surface area (Å²) in [5, 5.41) is 0. The van der Waals surface area contributed by atoms with Crippen molar-refractivity contribution in [2.45, 2.75) is 31.4 Å². The predicted octanol–water partition coefficient (Wildman–Crippen LogP) is 3.47. The molecule has 1 aliphatic rings. The molecule has 17 heavy (non-hydrogen) atoms. The van der Waals surface area contributed by atoms with Crippen LogP contribution in [-0.2, 0) is 16.6 Å². The van der Waals surface area contributed by atoms with Gasteiger partial charge in [-0.2, -0.15) is 0 Å². The fourth-order valence-corrected chi connectivity index (χ4v) is 4.34. The first kappa shape index (κ1) is 13.1. The Balaban J connectivity index is 1.93. The van der Waals surface area contributed by atoms with E-state index in [1.165, 1.54) is 25.7 Å². The van der Waals surface area contributed by atoms with Crippen molar-refractivity contribution in [2.75, 3.05) is 11.5 Å². The fraction of sp³-hybridized carbons (Fsp3) is 0.538. The molecular weight excluding hydrogens is 298 g/mol. The second kappa shape index (κ2) is 6.01. The molecule has 1 aliphatic carbocycles. The van der Waals surface area contributed by atoms with E-state index in [2.05, 4.69) is 15.9 Å². The Morgan fingerprint density at radius 1 is 1.35 bits per heavy atom. The summed E-state index contributed by atoms with van der Waals surface area (Å²) in [5.41, 5.74) is 7.65. The molecular formula is C13H18BrNOS. The van der Waals surface area contributed by atoms with Crippen LogP contribution in [0, 0.1) is 5.92 Å². The van der Waals surface area contributed by atoms with Crippen LogP contribution in [0.2, 0.25) is 0 Å². The van der Waals surface area contributed by atoms with E-state index >= 15 is 0 Å². The minimum atomic E-state index is -0.773. The number of halogens is 1. The van der Waals surface area contributed by atoms with Gasteiger partial charge in [-0.15, -0.1) is 0 Å². The summed E-state index contributed by atoms with van der Waals surface area (Å²) < 4.78 is 13.0. The van der Waals surface area contributed by atoms with Crippen LogP contribution in [0.25, 0.3) is 0 Å². The summed E-state index contributed by atoms with van der Waals surface area (Å²) in [5.74, 6) is 2.11. The predicted molar refractivity (Wildman–Crippen MR) is 77.2 cm³/mol. The molecule has 0 bridgehead atoms. The molecule has 0 amide bonds. The lowest BCUT2D eigenvalue weighted by Crippen LogP contribution is -2.10. The van der Waals surface area contributed by atoms with Crippen molar-refractivity contribution in [3.63, 3.8) is 0 Å². The smallest absolute Gasteiger partial charge is 0.0506 e. The van der Waals surface area contributed by atoms with Gasteiger partial charge in [-0.1, -0.05) is 34.8 Å². The summed E-state index contributed by atoms with van der Waals surface area (Å²) in [6.07, 6.45) is 5.12. The molecule has 0 heterocycles. The molecule has 1 aromatic carbocycles. The molecule has 0 spiro atoms. The Hall–Kier alpha value is -0.350. The standard InChI is InChI=1S/C13H18BrNOS/c14-12-6-5-11(13(15)7-12)9-17(16)8-10-3-1-2-4-10/h5-7,10H,1-4,8-9,15H2. The lowest BCUT2D eigenvalue weighted by Gasteiger charge is -2.10. The lowest BCUT2D eigenvalue weighted by molar-refractivity contribution is 0.604. The summed E-state index contributed by atoms with van der Waals surface area (Å²) in [6.45, 7) is 0. The second-order valence-electron chi connectivity index (χ2n) is 4.74. The van der Waals surface area contributed by atoms with Gasteiger partial charge in [0.25, 0.3) is 0 Å². The van der Waals surface area contributed by atoms with Crippen molar-refractivity contribution in [3.05, 3.63) is 28.2 Å². The molecule has 0 aromatic heterocycles. The van der Waals surface area contributed by atoms with Crippen LogP contribution in [0.4, 0.5) is 5.69 Å². The normalized spacial score (nSPS) is 18.4. The molecule has 2 nitrogen and oxygen atoms in total. The van der Waals surface area contributed by atoms with Crippen LogP contribution >= 0.6 is 15.9 Å². The van der Waals surface area contributed by atoms with Crippen LogP contribution in [0.3, 0.4) is 0 Å². The van der Waals surface area contributed by atoms with Crippen LogP contribution in [0.1, 0.15) is 31.2 Å². The summed E-state index contributed by atoms with van der Waals surface area (Å²) in [6, 6.07) is 5.80. The fourth-order valence-electron chi connectivity index (χ4n) is 2.37. The summed E-state index contributed by atoms with van der Waals surface area (Å²) in [7, 11) is -0.773. The zero-order valence-electron chi connectivity index (χ0n) is 9.82. The molecule has 2 N–H and O–H groups in total. The van der Waals surface area contributed by atoms with Gasteiger partial charge < -0.3 is 5.73 Å². The first-order valence-electron chi connectivity index (χ1n) is 6.04. The third-order valence-corrected chi connectivity index (χ3v) is 5.29. The van der Waals surface area contributed by atoms with E-state index in [4.69, 9.17) is 5.73 Å². The average Bonchev–Trinajstić information content (AvgIpc) is 2.75. The Morgan fingerprint density at radius 3 is 2.71 bits per heavy atom. The number of anilines is 1. The molecule has 2 rings (SSSR count). The highest BCUT2D eigenvalue weighted by molar-refractivity contribution is 9.10. The van der Waals surface area contributed by atoms with Crippen molar-refractivity contribution >= 4 is 32.4 Å². The van der Waals surface area contributed by atoms with Gasteiger partial charge in [-0.25, -0.2) is 0 Å². The minimum absolute atomic E-state index is 0.593. The highest BCUT2D eigenvalue weighted by Crippen LogP contribution is 2.26. The number of benzene rings is 1. The van der Waals surface area contributed by atoms with E-state index in [0.717, 1.165) is 21.5 Å². The number of nitrogen functional groups attached to an aromatic ring is 1. The third-order valence-electron chi connectivity index (χ3n) is 3.32. The van der Waals surface area contributed by atoms with Gasteiger partial charge in [0, 0.05) is 26.7 Å². The van der Waals surface area contributed by atoms with Gasteiger partial charge in [0.1, 0.15) is 0 Å². The lowest BCUT2D eigenvalue weighted by atomic mass is 10.1. The van der Waals surface area contributed by atoms with Gasteiger partial charge >= 0.3 is 0 Å². The molecule has 1 atom stereocenters. The molecule has 0 aliphatic heterocycles. The number of hydrogen-bond acceptors (Lipinski definition) is 2. The molecule has 1 fully saturated rings. The van der Waals surface area contributed by atoms with E-state index < -0.39 is 10.8 Å². The Bertz CT molecular complexity index is 416. The highest BCUT2D eigenvalue weighted by atomic mass is 79.9. The van der Waals surface area contributed by atoms with Crippen molar-refractivity contribution in [1.29, 1.82) is 0 Å². The molecule has 0 radical (unpaired) electrons. The Morgan fingerprint density at radius 2 is 2.06 bits per heavy atom. The summed E-state index contributed by atoms with van der Waals surface area (Å²) >= 11 is 3.38. The SMILES string of the molecule is Nc1cc(Br)ccc1CS(=O)CC1CCCC1. The largest absolute Gasteiger partial charge is 0.398 e. The molecule has 94 valence electrons. The van der Waals surface area contributed by atoms with Crippen molar-refractivity contribution in [3.8, 4) is 0 Å². The maximum Gasteiger partial charge on any atom is 0.0506 e. The quantitative estimate of drug-likeness (QED) is 0.864. The Kier molecular flexibility index (Phi) is 4.62. The van der Waals surface area contributed by atoms with Gasteiger partial charge in [-0.3, -0.25) is 4.21 Å². The first-order chi connectivity index (χ1) is 8.15. The van der Waals surface area contributed by atoms with E-state index in [0.29, 0.717) is 11.7 Å². The van der Waals surface area contributed by atoms with E-state index in [1.807, 2.05) is 18.2 Å². The van der Waals surface area contributed by atoms with Crippen LogP contribution < -0.4 is 5.73 Å². The van der Waals surface area contributed by atoms with Gasteiger partial charge in [0.05, 0.1) is 5.75 Å². The number of hydrogen-bond donors (Lipinski definition) is 1. The topological polar surface area (TPSA) is 43.1 Å². The van der Waals surface area contributed by atoms with E-state index in [9.17, 15) is 4.21 Å². The van der Waals surface area contributed by atoms with Gasteiger partial charge in [0.2, 0.25) is 0 Å². The number of rotatable bonds is 4. The molecule has 0 saturated heterocycles. The Labute approximate surface area is 114 Å². The molecule has 1 unspecified atom stereocenters. The highest BCUT2D eigenvalue weighted by Gasteiger charge is 2.18. The van der Waals surface area contributed by atoms with Crippen LogP contribution in [0.15, 0.2) is 22.7 Å². The first-order valence-corrected chi connectivity index (χ1v) is 8.32.